The van der Waals surface area contributed by atoms with Crippen molar-refractivity contribution in [1.29, 1.82) is 0 Å². The van der Waals surface area contributed by atoms with Crippen molar-refractivity contribution < 1.29 is 8.42 Å². The number of benzene rings is 1. The monoisotopic (exact) mass is 269 g/mol. The Hall–Kier alpha value is -0.290. The lowest BCUT2D eigenvalue weighted by molar-refractivity contribution is 0.593. The number of halogens is 2. The van der Waals surface area contributed by atoms with Crippen molar-refractivity contribution >= 4 is 33.8 Å². The van der Waals surface area contributed by atoms with E-state index in [1.807, 2.05) is 0 Å². The van der Waals surface area contributed by atoms with Gasteiger partial charge in [-0.3, -0.25) is 0 Å². The maximum Gasteiger partial charge on any atom is 0.178 e. The molecule has 0 aromatic heterocycles. The van der Waals surface area contributed by atoms with E-state index in [1.54, 1.807) is 12.1 Å². The summed E-state index contributed by atoms with van der Waals surface area (Å²) in [5.41, 5.74) is 5.25. The van der Waals surface area contributed by atoms with E-state index in [-0.39, 0.29) is 23.1 Å². The van der Waals surface area contributed by atoms with Crippen LogP contribution in [0.1, 0.15) is 6.42 Å². The van der Waals surface area contributed by atoms with Crippen molar-refractivity contribution in [2.75, 3.05) is 12.3 Å². The molecule has 0 aliphatic carbocycles. The third-order valence-electron chi connectivity index (χ3n) is 1.77. The minimum Gasteiger partial charge on any atom is -0.330 e. The highest BCUT2D eigenvalue weighted by Crippen LogP contribution is 2.16. The molecular formula is C9H13Cl2NO2S. The number of hydrogen-bond donors (Lipinski definition) is 1. The fourth-order valence-corrected chi connectivity index (χ4v) is 2.68. The third-order valence-corrected chi connectivity index (χ3v) is 3.81. The first-order valence-corrected chi connectivity index (χ1v) is 6.27. The minimum absolute atomic E-state index is 0. The zero-order chi connectivity index (χ0) is 10.6. The van der Waals surface area contributed by atoms with Gasteiger partial charge in [0, 0.05) is 5.02 Å². The summed E-state index contributed by atoms with van der Waals surface area (Å²) in [7, 11) is -3.21. The van der Waals surface area contributed by atoms with Crippen LogP contribution in [0.5, 0.6) is 0 Å². The summed E-state index contributed by atoms with van der Waals surface area (Å²) < 4.78 is 23.3. The molecule has 0 aliphatic heterocycles. The second-order valence-corrected chi connectivity index (χ2v) is 5.46. The number of sulfone groups is 1. The highest BCUT2D eigenvalue weighted by Gasteiger charge is 2.13. The first-order chi connectivity index (χ1) is 6.56. The summed E-state index contributed by atoms with van der Waals surface area (Å²) in [4.78, 5) is 0.262. The fourth-order valence-electron chi connectivity index (χ4n) is 1.05. The number of hydrogen-bond acceptors (Lipinski definition) is 3. The predicted molar refractivity (Wildman–Crippen MR) is 64.4 cm³/mol. The van der Waals surface area contributed by atoms with E-state index < -0.39 is 9.84 Å². The number of rotatable bonds is 4. The second kappa shape index (κ2) is 6.33. The van der Waals surface area contributed by atoms with Crippen LogP contribution in [0.3, 0.4) is 0 Å². The zero-order valence-corrected chi connectivity index (χ0v) is 10.4. The molecule has 1 aromatic rings. The molecular weight excluding hydrogens is 257 g/mol. The van der Waals surface area contributed by atoms with E-state index in [0.717, 1.165) is 0 Å². The van der Waals surface area contributed by atoms with Crippen molar-refractivity contribution in [3.8, 4) is 0 Å². The smallest absolute Gasteiger partial charge is 0.178 e. The van der Waals surface area contributed by atoms with Gasteiger partial charge in [-0.25, -0.2) is 8.42 Å². The molecule has 0 bridgehead atoms. The summed E-state index contributed by atoms with van der Waals surface area (Å²) in [5, 5.41) is 0.429. The van der Waals surface area contributed by atoms with E-state index >= 15 is 0 Å². The Morgan fingerprint density at radius 1 is 1.33 bits per heavy atom. The van der Waals surface area contributed by atoms with Crippen molar-refractivity contribution in [3.63, 3.8) is 0 Å². The maximum absolute atomic E-state index is 11.6. The van der Waals surface area contributed by atoms with Gasteiger partial charge in [-0.1, -0.05) is 17.7 Å². The minimum atomic E-state index is -3.21. The molecule has 0 saturated carbocycles. The summed E-state index contributed by atoms with van der Waals surface area (Å²) in [6.45, 7) is 0.375. The molecule has 1 rings (SSSR count). The lowest BCUT2D eigenvalue weighted by Crippen LogP contribution is -2.11. The van der Waals surface area contributed by atoms with Gasteiger partial charge >= 0.3 is 0 Å². The van der Waals surface area contributed by atoms with Crippen LogP contribution < -0.4 is 5.73 Å². The lowest BCUT2D eigenvalue weighted by atomic mass is 10.4. The molecule has 1 aromatic carbocycles. The van der Waals surface area contributed by atoms with Gasteiger partial charge in [0.1, 0.15) is 0 Å². The third kappa shape index (κ3) is 4.38. The standard InChI is InChI=1S/C9H12ClNO2S.ClH/c10-8-3-1-4-9(7-8)14(12,13)6-2-5-11;/h1,3-4,7H,2,5-6,11H2;1H. The topological polar surface area (TPSA) is 60.2 Å². The van der Waals surface area contributed by atoms with Gasteiger partial charge in [0.2, 0.25) is 0 Å². The van der Waals surface area contributed by atoms with Gasteiger partial charge in [0.25, 0.3) is 0 Å². The summed E-state index contributed by atoms with van der Waals surface area (Å²) in [5.74, 6) is 0.0733. The van der Waals surface area contributed by atoms with Crippen LogP contribution in [-0.2, 0) is 9.84 Å². The molecule has 2 N–H and O–H groups in total. The van der Waals surface area contributed by atoms with Crippen LogP contribution in [0.15, 0.2) is 29.2 Å². The van der Waals surface area contributed by atoms with Gasteiger partial charge in [-0.05, 0) is 31.2 Å². The Kier molecular flexibility index (Phi) is 6.20. The Balaban J connectivity index is 0.00000196. The first kappa shape index (κ1) is 14.7. The highest BCUT2D eigenvalue weighted by atomic mass is 35.5. The van der Waals surface area contributed by atoms with Crippen LogP contribution in [0, 0.1) is 0 Å². The molecule has 0 aliphatic rings. The second-order valence-electron chi connectivity index (χ2n) is 2.92. The van der Waals surface area contributed by atoms with Crippen LogP contribution in [0.2, 0.25) is 5.02 Å². The fraction of sp³-hybridized carbons (Fsp3) is 0.333. The Morgan fingerprint density at radius 3 is 2.53 bits per heavy atom. The van der Waals surface area contributed by atoms with Gasteiger partial charge in [0.05, 0.1) is 10.6 Å². The number of nitrogens with two attached hydrogens (primary N) is 1. The zero-order valence-electron chi connectivity index (χ0n) is 8.02. The molecule has 0 atom stereocenters. The molecule has 0 fully saturated rings. The van der Waals surface area contributed by atoms with E-state index in [2.05, 4.69) is 0 Å². The summed E-state index contributed by atoms with van der Waals surface area (Å²) in [6, 6.07) is 6.26. The lowest BCUT2D eigenvalue weighted by Gasteiger charge is -2.03. The maximum atomic E-state index is 11.6. The van der Waals surface area contributed by atoms with Crippen LogP contribution in [-0.4, -0.2) is 20.7 Å². The molecule has 86 valence electrons. The molecule has 0 spiro atoms. The summed E-state index contributed by atoms with van der Waals surface area (Å²) in [6.07, 6.45) is 0.467. The summed E-state index contributed by atoms with van der Waals surface area (Å²) >= 11 is 5.70. The van der Waals surface area contributed by atoms with Crippen molar-refractivity contribution in [2.45, 2.75) is 11.3 Å². The van der Waals surface area contributed by atoms with Gasteiger partial charge in [-0.15, -0.1) is 12.4 Å². The Morgan fingerprint density at radius 2 is 2.00 bits per heavy atom. The largest absolute Gasteiger partial charge is 0.330 e. The van der Waals surface area contributed by atoms with Crippen molar-refractivity contribution in [3.05, 3.63) is 29.3 Å². The van der Waals surface area contributed by atoms with Crippen LogP contribution in [0.4, 0.5) is 0 Å². The van der Waals surface area contributed by atoms with E-state index in [9.17, 15) is 8.42 Å². The molecule has 0 radical (unpaired) electrons. The van der Waals surface area contributed by atoms with E-state index in [0.29, 0.717) is 18.0 Å². The van der Waals surface area contributed by atoms with Crippen LogP contribution in [0.25, 0.3) is 0 Å². The van der Waals surface area contributed by atoms with E-state index in [4.69, 9.17) is 17.3 Å². The average molecular weight is 270 g/mol. The molecule has 3 nitrogen and oxygen atoms in total. The Labute approximate surface area is 101 Å². The SMILES string of the molecule is Cl.NCCCS(=O)(=O)c1cccc(Cl)c1. The van der Waals surface area contributed by atoms with Crippen molar-refractivity contribution in [2.24, 2.45) is 5.73 Å². The van der Waals surface area contributed by atoms with Crippen LogP contribution >= 0.6 is 24.0 Å². The molecule has 0 amide bonds. The highest BCUT2D eigenvalue weighted by molar-refractivity contribution is 7.91. The normalized spacial score (nSPS) is 10.8. The molecule has 6 heteroatoms. The van der Waals surface area contributed by atoms with Gasteiger partial charge in [-0.2, -0.15) is 0 Å². The first-order valence-electron chi connectivity index (χ1n) is 4.24. The van der Waals surface area contributed by atoms with E-state index in [1.165, 1.54) is 12.1 Å². The van der Waals surface area contributed by atoms with Gasteiger partial charge in [0.15, 0.2) is 9.84 Å². The molecule has 0 heterocycles. The molecule has 0 unspecified atom stereocenters. The predicted octanol–water partition coefficient (Wildman–Crippen LogP) is 1.88. The quantitative estimate of drug-likeness (QED) is 0.908. The average Bonchev–Trinajstić information content (AvgIpc) is 2.15. The molecule has 0 saturated heterocycles. The van der Waals surface area contributed by atoms with Gasteiger partial charge < -0.3 is 5.73 Å². The Bertz CT molecular complexity index is 406. The van der Waals surface area contributed by atoms with Crippen molar-refractivity contribution in [1.82, 2.24) is 0 Å². The molecule has 15 heavy (non-hydrogen) atoms.